The van der Waals surface area contributed by atoms with Gasteiger partial charge in [-0.05, 0) is 26.0 Å². The molecule has 0 aromatic heterocycles. The van der Waals surface area contributed by atoms with E-state index in [2.05, 4.69) is 37.4 Å². The van der Waals surface area contributed by atoms with Gasteiger partial charge in [-0.2, -0.15) is 0 Å². The molecule has 1 aromatic rings. The zero-order valence-electron chi connectivity index (χ0n) is 10.4. The molecular formula is C14H21NO. The molecule has 0 aliphatic heterocycles. The quantitative estimate of drug-likeness (QED) is 0.793. The van der Waals surface area contributed by atoms with Crippen LogP contribution >= 0.6 is 0 Å². The van der Waals surface area contributed by atoms with Gasteiger partial charge in [-0.1, -0.05) is 37.3 Å². The molecule has 0 amide bonds. The molecule has 0 aliphatic carbocycles. The fourth-order valence-corrected chi connectivity index (χ4v) is 1.49. The first-order valence-electron chi connectivity index (χ1n) is 5.82. The topological polar surface area (TPSA) is 21.3 Å². The average Bonchev–Trinajstić information content (AvgIpc) is 2.34. The maximum Gasteiger partial charge on any atom is 0.126 e. The van der Waals surface area contributed by atoms with Gasteiger partial charge in [0.05, 0.1) is 7.11 Å². The van der Waals surface area contributed by atoms with Crippen molar-refractivity contribution in [3.05, 3.63) is 35.9 Å². The monoisotopic (exact) mass is 219 g/mol. The van der Waals surface area contributed by atoms with Crippen molar-refractivity contribution in [1.82, 2.24) is 5.32 Å². The van der Waals surface area contributed by atoms with E-state index in [-0.39, 0.29) is 0 Å². The van der Waals surface area contributed by atoms with E-state index in [0.717, 1.165) is 24.3 Å². The minimum absolute atomic E-state index is 0.393. The van der Waals surface area contributed by atoms with Gasteiger partial charge in [0.15, 0.2) is 0 Å². The Kier molecular flexibility index (Phi) is 5.65. The highest BCUT2D eigenvalue weighted by atomic mass is 16.5. The first-order valence-corrected chi connectivity index (χ1v) is 5.82. The van der Waals surface area contributed by atoms with Crippen LogP contribution in [0.25, 0.3) is 6.08 Å². The summed E-state index contributed by atoms with van der Waals surface area (Å²) in [6.07, 6.45) is 5.42. The third-order valence-electron chi connectivity index (χ3n) is 2.42. The van der Waals surface area contributed by atoms with E-state index >= 15 is 0 Å². The second-order valence-corrected chi connectivity index (χ2v) is 3.84. The fourth-order valence-electron chi connectivity index (χ4n) is 1.49. The lowest BCUT2D eigenvalue weighted by molar-refractivity contribution is 0.414. The van der Waals surface area contributed by atoms with Crippen molar-refractivity contribution in [3.63, 3.8) is 0 Å². The summed E-state index contributed by atoms with van der Waals surface area (Å²) < 4.78 is 5.29. The Morgan fingerprint density at radius 1 is 1.38 bits per heavy atom. The van der Waals surface area contributed by atoms with Crippen LogP contribution in [0.1, 0.15) is 25.8 Å². The molecule has 1 unspecified atom stereocenters. The third-order valence-corrected chi connectivity index (χ3v) is 2.42. The number of rotatable bonds is 6. The molecule has 0 aliphatic rings. The number of ether oxygens (including phenoxy) is 1. The predicted molar refractivity (Wildman–Crippen MR) is 69.8 cm³/mol. The summed E-state index contributed by atoms with van der Waals surface area (Å²) >= 11 is 0. The highest BCUT2D eigenvalue weighted by molar-refractivity contribution is 5.57. The van der Waals surface area contributed by atoms with E-state index in [1.807, 2.05) is 18.2 Å². The maximum atomic E-state index is 5.29. The second-order valence-electron chi connectivity index (χ2n) is 3.84. The van der Waals surface area contributed by atoms with E-state index in [1.165, 1.54) is 0 Å². The highest BCUT2D eigenvalue weighted by Crippen LogP contribution is 2.18. The van der Waals surface area contributed by atoms with Crippen LogP contribution in [0.15, 0.2) is 30.3 Å². The number of methoxy groups -OCH3 is 1. The minimum atomic E-state index is 0.393. The van der Waals surface area contributed by atoms with Crippen molar-refractivity contribution in [1.29, 1.82) is 0 Å². The SMILES string of the molecule is CCCNC(C)/C=C/c1ccccc1OC. The number of nitrogens with one attached hydrogen (secondary N) is 1. The van der Waals surface area contributed by atoms with Crippen LogP contribution in [0.5, 0.6) is 5.75 Å². The predicted octanol–water partition coefficient (Wildman–Crippen LogP) is 3.10. The van der Waals surface area contributed by atoms with Crippen molar-refractivity contribution in [3.8, 4) is 5.75 Å². The van der Waals surface area contributed by atoms with Gasteiger partial charge in [0.1, 0.15) is 5.75 Å². The molecule has 0 heterocycles. The Labute approximate surface area is 98.3 Å². The molecule has 1 atom stereocenters. The summed E-state index contributed by atoms with van der Waals surface area (Å²) in [5.41, 5.74) is 1.12. The van der Waals surface area contributed by atoms with E-state index in [4.69, 9.17) is 4.74 Å². The molecule has 0 saturated heterocycles. The Morgan fingerprint density at radius 3 is 2.81 bits per heavy atom. The van der Waals surface area contributed by atoms with E-state index < -0.39 is 0 Å². The van der Waals surface area contributed by atoms with Crippen molar-refractivity contribution >= 4 is 6.08 Å². The molecule has 0 bridgehead atoms. The fraction of sp³-hybridized carbons (Fsp3) is 0.429. The number of benzene rings is 1. The van der Waals surface area contributed by atoms with Crippen LogP contribution in [-0.4, -0.2) is 19.7 Å². The van der Waals surface area contributed by atoms with E-state index in [1.54, 1.807) is 7.11 Å². The Bertz CT molecular complexity index is 333. The standard InChI is InChI=1S/C14H21NO/c1-4-11-15-12(2)9-10-13-7-5-6-8-14(13)16-3/h5-10,12,15H,4,11H2,1-3H3/b10-9+. The molecule has 88 valence electrons. The summed E-state index contributed by atoms with van der Waals surface area (Å²) in [6, 6.07) is 8.43. The molecule has 2 nitrogen and oxygen atoms in total. The van der Waals surface area contributed by atoms with Gasteiger partial charge in [0.25, 0.3) is 0 Å². The van der Waals surface area contributed by atoms with Crippen LogP contribution < -0.4 is 10.1 Å². The van der Waals surface area contributed by atoms with E-state index in [0.29, 0.717) is 6.04 Å². The number of para-hydroxylation sites is 1. The van der Waals surface area contributed by atoms with Crippen LogP contribution in [-0.2, 0) is 0 Å². The number of hydrogen-bond acceptors (Lipinski definition) is 2. The van der Waals surface area contributed by atoms with Gasteiger partial charge in [-0.3, -0.25) is 0 Å². The Balaban J connectivity index is 2.61. The van der Waals surface area contributed by atoms with Gasteiger partial charge in [-0.15, -0.1) is 0 Å². The van der Waals surface area contributed by atoms with Gasteiger partial charge >= 0.3 is 0 Å². The normalized spacial score (nSPS) is 12.9. The molecular weight excluding hydrogens is 198 g/mol. The Morgan fingerprint density at radius 2 is 2.12 bits per heavy atom. The van der Waals surface area contributed by atoms with Crippen LogP contribution in [0.4, 0.5) is 0 Å². The highest BCUT2D eigenvalue weighted by Gasteiger charge is 1.98. The lowest BCUT2D eigenvalue weighted by atomic mass is 10.1. The molecule has 0 saturated carbocycles. The van der Waals surface area contributed by atoms with Crippen molar-refractivity contribution in [2.75, 3.05) is 13.7 Å². The number of hydrogen-bond donors (Lipinski definition) is 1. The molecule has 1 aromatic carbocycles. The maximum absolute atomic E-state index is 5.29. The third kappa shape index (κ3) is 4.07. The van der Waals surface area contributed by atoms with Crippen LogP contribution in [0, 0.1) is 0 Å². The first kappa shape index (κ1) is 12.8. The summed E-state index contributed by atoms with van der Waals surface area (Å²) in [5, 5.41) is 3.41. The first-order chi connectivity index (χ1) is 7.77. The second kappa shape index (κ2) is 7.07. The minimum Gasteiger partial charge on any atom is -0.496 e. The van der Waals surface area contributed by atoms with Crippen LogP contribution in [0.3, 0.4) is 0 Å². The molecule has 0 radical (unpaired) electrons. The summed E-state index contributed by atoms with van der Waals surface area (Å²) in [6.45, 7) is 5.38. The zero-order valence-corrected chi connectivity index (χ0v) is 10.4. The van der Waals surface area contributed by atoms with Gasteiger partial charge in [0, 0.05) is 11.6 Å². The molecule has 1 N–H and O–H groups in total. The largest absolute Gasteiger partial charge is 0.496 e. The summed E-state index contributed by atoms with van der Waals surface area (Å²) in [4.78, 5) is 0. The molecule has 0 spiro atoms. The average molecular weight is 219 g/mol. The van der Waals surface area contributed by atoms with E-state index in [9.17, 15) is 0 Å². The molecule has 16 heavy (non-hydrogen) atoms. The molecule has 1 rings (SSSR count). The zero-order chi connectivity index (χ0) is 11.8. The molecule has 2 heteroatoms. The Hall–Kier alpha value is -1.28. The van der Waals surface area contributed by atoms with Gasteiger partial charge < -0.3 is 10.1 Å². The van der Waals surface area contributed by atoms with Gasteiger partial charge in [-0.25, -0.2) is 0 Å². The molecule has 0 fully saturated rings. The summed E-state index contributed by atoms with van der Waals surface area (Å²) in [7, 11) is 1.70. The smallest absolute Gasteiger partial charge is 0.126 e. The lowest BCUT2D eigenvalue weighted by Gasteiger charge is -2.08. The van der Waals surface area contributed by atoms with Crippen molar-refractivity contribution < 1.29 is 4.74 Å². The van der Waals surface area contributed by atoms with Gasteiger partial charge in [0.2, 0.25) is 0 Å². The lowest BCUT2D eigenvalue weighted by Crippen LogP contribution is -2.24. The summed E-state index contributed by atoms with van der Waals surface area (Å²) in [5.74, 6) is 0.918. The van der Waals surface area contributed by atoms with Crippen LogP contribution in [0.2, 0.25) is 0 Å². The van der Waals surface area contributed by atoms with Crippen molar-refractivity contribution in [2.45, 2.75) is 26.3 Å². The van der Waals surface area contributed by atoms with Crippen molar-refractivity contribution in [2.24, 2.45) is 0 Å².